The van der Waals surface area contributed by atoms with Crippen molar-refractivity contribution in [3.8, 4) is 0 Å². The van der Waals surface area contributed by atoms with E-state index in [0.717, 1.165) is 0 Å². The summed E-state index contributed by atoms with van der Waals surface area (Å²) in [6, 6.07) is 3.03. The van der Waals surface area contributed by atoms with E-state index in [1.807, 2.05) is 0 Å². The number of nitrogens with two attached hydrogens (primary N) is 1. The normalized spacial score (nSPS) is 11.3. The van der Waals surface area contributed by atoms with Gasteiger partial charge in [-0.2, -0.15) is 0 Å². The van der Waals surface area contributed by atoms with Gasteiger partial charge in [-0.05, 0) is 12.1 Å². The number of rotatable bonds is 4. The molecule has 0 aliphatic rings. The zero-order valence-corrected chi connectivity index (χ0v) is 8.85. The standard InChI is InChI=1S/C7H10ClN3O2S/c8-6-1-2-7(10-5-6)11-14(12,13)4-3-9/h1-2,5H,3-4,9H2,(H,10,11). The van der Waals surface area contributed by atoms with Gasteiger partial charge in [0.1, 0.15) is 5.82 Å². The van der Waals surface area contributed by atoms with Crippen molar-refractivity contribution in [1.82, 2.24) is 4.98 Å². The third-order valence-corrected chi connectivity index (χ3v) is 2.89. The highest BCUT2D eigenvalue weighted by atomic mass is 35.5. The topological polar surface area (TPSA) is 85.1 Å². The van der Waals surface area contributed by atoms with Gasteiger partial charge >= 0.3 is 0 Å². The zero-order valence-electron chi connectivity index (χ0n) is 7.27. The van der Waals surface area contributed by atoms with Gasteiger partial charge in [-0.3, -0.25) is 4.72 Å². The smallest absolute Gasteiger partial charge is 0.235 e. The molecule has 5 nitrogen and oxygen atoms in total. The zero-order chi connectivity index (χ0) is 10.6. The van der Waals surface area contributed by atoms with Crippen LogP contribution in [0.15, 0.2) is 18.3 Å². The molecule has 0 unspecified atom stereocenters. The van der Waals surface area contributed by atoms with Crippen molar-refractivity contribution >= 4 is 27.4 Å². The number of sulfonamides is 1. The van der Waals surface area contributed by atoms with Crippen molar-refractivity contribution in [2.24, 2.45) is 5.73 Å². The summed E-state index contributed by atoms with van der Waals surface area (Å²) in [5.41, 5.74) is 5.13. The van der Waals surface area contributed by atoms with E-state index in [9.17, 15) is 8.42 Å². The number of aromatic nitrogens is 1. The van der Waals surface area contributed by atoms with Crippen LogP contribution in [0.1, 0.15) is 0 Å². The minimum Gasteiger partial charge on any atom is -0.329 e. The minimum absolute atomic E-state index is 0.0723. The summed E-state index contributed by atoms with van der Waals surface area (Å²) in [5, 5.41) is 0.451. The van der Waals surface area contributed by atoms with Crippen molar-refractivity contribution in [1.29, 1.82) is 0 Å². The Morgan fingerprint density at radius 3 is 2.71 bits per heavy atom. The second-order valence-corrected chi connectivity index (χ2v) is 4.85. The van der Waals surface area contributed by atoms with Gasteiger partial charge in [0.2, 0.25) is 10.0 Å². The van der Waals surface area contributed by atoms with Gasteiger partial charge in [-0.1, -0.05) is 11.6 Å². The van der Waals surface area contributed by atoms with E-state index >= 15 is 0 Å². The van der Waals surface area contributed by atoms with E-state index in [1.54, 1.807) is 6.07 Å². The lowest BCUT2D eigenvalue weighted by atomic mass is 10.5. The third-order valence-electron chi connectivity index (χ3n) is 1.37. The fourth-order valence-electron chi connectivity index (χ4n) is 0.802. The number of halogens is 1. The van der Waals surface area contributed by atoms with Crippen LogP contribution in [0.25, 0.3) is 0 Å². The molecule has 0 aliphatic carbocycles. The minimum atomic E-state index is -3.38. The Morgan fingerprint density at radius 2 is 2.21 bits per heavy atom. The van der Waals surface area contributed by atoms with Crippen LogP contribution in [-0.2, 0) is 10.0 Å². The molecule has 1 heterocycles. The second kappa shape index (κ2) is 4.59. The molecule has 0 saturated heterocycles. The Morgan fingerprint density at radius 1 is 1.50 bits per heavy atom. The SMILES string of the molecule is NCCS(=O)(=O)Nc1ccc(Cl)cn1. The number of anilines is 1. The summed E-state index contributed by atoms with van der Waals surface area (Å²) in [6.07, 6.45) is 1.36. The van der Waals surface area contributed by atoms with Crippen LogP contribution in [-0.4, -0.2) is 25.7 Å². The van der Waals surface area contributed by atoms with Gasteiger partial charge in [0, 0.05) is 12.7 Å². The molecule has 0 fully saturated rings. The molecule has 0 saturated carbocycles. The molecule has 0 atom stereocenters. The maximum Gasteiger partial charge on any atom is 0.235 e. The number of nitrogens with one attached hydrogen (secondary N) is 1. The summed E-state index contributed by atoms with van der Waals surface area (Å²) in [7, 11) is -3.38. The monoisotopic (exact) mass is 235 g/mol. The van der Waals surface area contributed by atoms with E-state index in [-0.39, 0.29) is 18.1 Å². The van der Waals surface area contributed by atoms with Gasteiger partial charge in [-0.25, -0.2) is 13.4 Å². The van der Waals surface area contributed by atoms with Gasteiger partial charge < -0.3 is 5.73 Å². The molecule has 0 amide bonds. The molecule has 0 bridgehead atoms. The molecular weight excluding hydrogens is 226 g/mol. The quantitative estimate of drug-likeness (QED) is 0.793. The average Bonchev–Trinajstić information content (AvgIpc) is 2.08. The summed E-state index contributed by atoms with van der Waals surface area (Å²) in [5.74, 6) is 0.111. The first kappa shape index (κ1) is 11.2. The van der Waals surface area contributed by atoms with E-state index in [4.69, 9.17) is 17.3 Å². The Kier molecular flexibility index (Phi) is 3.68. The van der Waals surface area contributed by atoms with E-state index in [1.165, 1.54) is 12.3 Å². The first-order valence-electron chi connectivity index (χ1n) is 3.85. The maximum atomic E-state index is 11.2. The van der Waals surface area contributed by atoms with E-state index < -0.39 is 10.0 Å². The number of hydrogen-bond acceptors (Lipinski definition) is 4. The van der Waals surface area contributed by atoms with E-state index in [0.29, 0.717) is 5.02 Å². The number of nitrogens with zero attached hydrogens (tertiary/aromatic N) is 1. The van der Waals surface area contributed by atoms with Crippen molar-refractivity contribution in [3.63, 3.8) is 0 Å². The lowest BCUT2D eigenvalue weighted by Gasteiger charge is -2.05. The highest BCUT2D eigenvalue weighted by molar-refractivity contribution is 7.92. The second-order valence-electron chi connectivity index (χ2n) is 2.57. The summed E-state index contributed by atoms with van der Waals surface area (Å²) in [6.45, 7) is 0.0723. The first-order chi connectivity index (χ1) is 6.53. The highest BCUT2D eigenvalue weighted by Crippen LogP contribution is 2.10. The molecule has 7 heteroatoms. The molecule has 1 rings (SSSR count). The predicted molar refractivity (Wildman–Crippen MR) is 55.7 cm³/mol. The summed E-state index contributed by atoms with van der Waals surface area (Å²) < 4.78 is 24.7. The molecule has 0 spiro atoms. The third kappa shape index (κ3) is 3.49. The largest absolute Gasteiger partial charge is 0.329 e. The summed E-state index contributed by atoms with van der Waals surface area (Å²) >= 11 is 5.58. The van der Waals surface area contributed by atoms with Gasteiger partial charge in [0.05, 0.1) is 10.8 Å². The van der Waals surface area contributed by atoms with Crippen LogP contribution >= 0.6 is 11.6 Å². The lowest BCUT2D eigenvalue weighted by Crippen LogP contribution is -2.22. The number of pyridine rings is 1. The van der Waals surface area contributed by atoms with Crippen LogP contribution < -0.4 is 10.5 Å². The first-order valence-corrected chi connectivity index (χ1v) is 5.88. The predicted octanol–water partition coefficient (Wildman–Crippen LogP) is 0.435. The molecule has 1 aromatic heterocycles. The van der Waals surface area contributed by atoms with Crippen LogP contribution in [0.2, 0.25) is 5.02 Å². The molecule has 14 heavy (non-hydrogen) atoms. The van der Waals surface area contributed by atoms with Crippen molar-refractivity contribution in [2.75, 3.05) is 17.0 Å². The molecule has 0 aromatic carbocycles. The molecule has 78 valence electrons. The Hall–Kier alpha value is -0.850. The van der Waals surface area contributed by atoms with Gasteiger partial charge in [-0.15, -0.1) is 0 Å². The Bertz CT molecular complexity index is 390. The molecule has 0 radical (unpaired) electrons. The average molecular weight is 236 g/mol. The molecular formula is C7H10ClN3O2S. The Labute approximate surface area is 87.3 Å². The maximum absolute atomic E-state index is 11.2. The molecule has 0 aliphatic heterocycles. The van der Waals surface area contributed by atoms with Gasteiger partial charge in [0.15, 0.2) is 0 Å². The fourth-order valence-corrected chi connectivity index (χ4v) is 1.77. The number of hydrogen-bond donors (Lipinski definition) is 2. The molecule has 1 aromatic rings. The van der Waals surface area contributed by atoms with Crippen molar-refractivity contribution in [3.05, 3.63) is 23.4 Å². The van der Waals surface area contributed by atoms with Crippen LogP contribution in [0.5, 0.6) is 0 Å². The summed E-state index contributed by atoms with van der Waals surface area (Å²) in [4.78, 5) is 3.78. The fraction of sp³-hybridized carbons (Fsp3) is 0.286. The van der Waals surface area contributed by atoms with Crippen LogP contribution in [0.3, 0.4) is 0 Å². The highest BCUT2D eigenvalue weighted by Gasteiger charge is 2.08. The van der Waals surface area contributed by atoms with Crippen LogP contribution in [0, 0.1) is 0 Å². The van der Waals surface area contributed by atoms with E-state index in [2.05, 4.69) is 9.71 Å². The van der Waals surface area contributed by atoms with Crippen molar-refractivity contribution < 1.29 is 8.42 Å². The van der Waals surface area contributed by atoms with Crippen molar-refractivity contribution in [2.45, 2.75) is 0 Å². The molecule has 3 N–H and O–H groups in total. The lowest BCUT2D eigenvalue weighted by molar-refractivity contribution is 0.601. The van der Waals surface area contributed by atoms with Gasteiger partial charge in [0.25, 0.3) is 0 Å². The van der Waals surface area contributed by atoms with Crippen LogP contribution in [0.4, 0.5) is 5.82 Å². The Balaban J connectivity index is 2.74.